The standard InChI is InChI=1S/C28H24O2S2/c1-28(2)16-18(11-13-24-26(29)20-7-3-5-9-22(20)31-24)15-19(17-28)12-14-25-27(30)21-8-4-6-10-23(21)32-25/h3-15,29H,16-17H2,1-2H3/b13-11+,19-12-,25-14-. The molecule has 0 atom stereocenters. The van der Waals surface area contributed by atoms with Crippen molar-refractivity contribution in [3.63, 3.8) is 0 Å². The maximum atomic E-state index is 12.7. The Morgan fingerprint density at radius 3 is 2.56 bits per heavy atom. The summed E-state index contributed by atoms with van der Waals surface area (Å²) in [7, 11) is 0. The van der Waals surface area contributed by atoms with E-state index in [1.54, 1.807) is 23.1 Å². The van der Waals surface area contributed by atoms with Gasteiger partial charge in [0.25, 0.3) is 0 Å². The number of thioether (sulfide) groups is 1. The Balaban J connectivity index is 1.42. The average molecular weight is 457 g/mol. The van der Waals surface area contributed by atoms with Crippen molar-refractivity contribution in [1.29, 1.82) is 0 Å². The van der Waals surface area contributed by atoms with E-state index in [2.05, 4.69) is 32.1 Å². The molecule has 0 fully saturated rings. The van der Waals surface area contributed by atoms with Crippen LogP contribution < -0.4 is 0 Å². The Hall–Kier alpha value is -2.82. The second-order valence-electron chi connectivity index (χ2n) is 9.08. The number of hydrogen-bond acceptors (Lipinski definition) is 4. The summed E-state index contributed by atoms with van der Waals surface area (Å²) < 4.78 is 1.09. The molecule has 1 N–H and O–H groups in total. The van der Waals surface area contributed by atoms with Crippen LogP contribution in [0, 0.1) is 5.41 Å². The molecule has 2 aliphatic rings. The molecule has 0 amide bonds. The van der Waals surface area contributed by atoms with Gasteiger partial charge in [0.2, 0.25) is 5.78 Å². The third-order valence-corrected chi connectivity index (χ3v) is 8.05. The van der Waals surface area contributed by atoms with E-state index in [1.807, 2.05) is 60.7 Å². The molecule has 0 radical (unpaired) electrons. The molecule has 0 saturated heterocycles. The minimum absolute atomic E-state index is 0.113. The molecule has 160 valence electrons. The largest absolute Gasteiger partial charge is 0.506 e. The molecule has 1 aromatic heterocycles. The second-order valence-corrected chi connectivity index (χ2v) is 11.2. The first-order chi connectivity index (χ1) is 15.4. The number of Topliss-reactive ketones (excluding diaryl/α,β-unsaturated/α-hetero) is 1. The van der Waals surface area contributed by atoms with E-state index >= 15 is 0 Å². The molecule has 5 rings (SSSR count). The first-order valence-electron chi connectivity index (χ1n) is 10.7. The highest BCUT2D eigenvalue weighted by Gasteiger charge is 2.26. The summed E-state index contributed by atoms with van der Waals surface area (Å²) >= 11 is 3.16. The lowest BCUT2D eigenvalue weighted by atomic mass is 9.75. The number of thiophene rings is 1. The van der Waals surface area contributed by atoms with Crippen LogP contribution in [0.5, 0.6) is 5.75 Å². The minimum atomic E-state index is 0.113. The van der Waals surface area contributed by atoms with Gasteiger partial charge < -0.3 is 5.11 Å². The van der Waals surface area contributed by atoms with Gasteiger partial charge in [-0.25, -0.2) is 0 Å². The van der Waals surface area contributed by atoms with Gasteiger partial charge in [-0.3, -0.25) is 4.79 Å². The van der Waals surface area contributed by atoms with E-state index in [9.17, 15) is 9.90 Å². The van der Waals surface area contributed by atoms with Gasteiger partial charge in [-0.05, 0) is 65.8 Å². The highest BCUT2D eigenvalue weighted by atomic mass is 32.2. The van der Waals surface area contributed by atoms with E-state index in [0.29, 0.717) is 5.75 Å². The molecule has 0 bridgehead atoms. The lowest BCUT2D eigenvalue weighted by molar-refractivity contribution is 0.104. The van der Waals surface area contributed by atoms with Crippen molar-refractivity contribution in [3.8, 4) is 5.75 Å². The van der Waals surface area contributed by atoms with Crippen molar-refractivity contribution in [2.45, 2.75) is 31.6 Å². The maximum absolute atomic E-state index is 12.7. The normalized spacial score (nSPS) is 20.4. The number of aromatic hydroxyl groups is 1. The predicted molar refractivity (Wildman–Crippen MR) is 136 cm³/mol. The van der Waals surface area contributed by atoms with Crippen molar-refractivity contribution >= 4 is 45.0 Å². The molecule has 32 heavy (non-hydrogen) atoms. The summed E-state index contributed by atoms with van der Waals surface area (Å²) in [5, 5.41) is 11.5. The Labute approximate surface area is 196 Å². The topological polar surface area (TPSA) is 37.3 Å². The Morgan fingerprint density at radius 1 is 0.969 bits per heavy atom. The molecule has 2 aromatic carbocycles. The van der Waals surface area contributed by atoms with Crippen LogP contribution in [-0.4, -0.2) is 10.9 Å². The molecule has 0 spiro atoms. The summed E-state index contributed by atoms with van der Waals surface area (Å²) in [5.74, 6) is 0.469. The molecular weight excluding hydrogens is 432 g/mol. The fraction of sp³-hybridized carbons (Fsp3) is 0.179. The van der Waals surface area contributed by atoms with Gasteiger partial charge in [0.15, 0.2) is 0 Å². The monoisotopic (exact) mass is 456 g/mol. The highest BCUT2D eigenvalue weighted by Crippen LogP contribution is 2.42. The maximum Gasteiger partial charge on any atom is 0.200 e. The predicted octanol–water partition coefficient (Wildman–Crippen LogP) is 8.17. The number of ketones is 1. The molecule has 2 heterocycles. The van der Waals surface area contributed by atoms with Gasteiger partial charge >= 0.3 is 0 Å². The number of benzene rings is 2. The molecule has 4 heteroatoms. The molecule has 3 aromatic rings. The molecule has 0 saturated carbocycles. The number of carbonyl (C=O) groups excluding carboxylic acids is 1. The van der Waals surface area contributed by atoms with Gasteiger partial charge in [0, 0.05) is 20.5 Å². The highest BCUT2D eigenvalue weighted by molar-refractivity contribution is 8.04. The number of allylic oxidation sites excluding steroid dienone is 7. The van der Waals surface area contributed by atoms with Crippen molar-refractivity contribution < 1.29 is 9.90 Å². The van der Waals surface area contributed by atoms with Crippen LogP contribution in [0.1, 0.15) is 41.9 Å². The fourth-order valence-corrected chi connectivity index (χ4v) is 6.40. The third-order valence-electron chi connectivity index (χ3n) is 5.80. The van der Waals surface area contributed by atoms with Crippen molar-refractivity contribution in [2.24, 2.45) is 5.41 Å². The molecule has 1 aliphatic heterocycles. The Morgan fingerprint density at radius 2 is 1.75 bits per heavy atom. The first kappa shape index (κ1) is 21.0. The molecule has 1 aliphatic carbocycles. The van der Waals surface area contributed by atoms with E-state index in [4.69, 9.17) is 0 Å². The van der Waals surface area contributed by atoms with Gasteiger partial charge in [-0.15, -0.1) is 11.3 Å². The summed E-state index contributed by atoms with van der Waals surface area (Å²) in [6, 6.07) is 15.7. The van der Waals surface area contributed by atoms with Crippen LogP contribution >= 0.6 is 23.1 Å². The summed E-state index contributed by atoms with van der Waals surface area (Å²) in [6.45, 7) is 4.55. The van der Waals surface area contributed by atoms with Crippen LogP contribution in [0.4, 0.5) is 0 Å². The van der Waals surface area contributed by atoms with Gasteiger partial charge in [-0.2, -0.15) is 0 Å². The average Bonchev–Trinajstić information content (AvgIpc) is 3.27. The number of fused-ring (bicyclic) bond motifs is 2. The molecule has 2 nitrogen and oxygen atoms in total. The van der Waals surface area contributed by atoms with Crippen molar-refractivity contribution in [1.82, 2.24) is 0 Å². The van der Waals surface area contributed by atoms with E-state index in [1.165, 1.54) is 11.1 Å². The lowest BCUT2D eigenvalue weighted by Crippen LogP contribution is -2.16. The van der Waals surface area contributed by atoms with Crippen LogP contribution in [0.25, 0.3) is 16.2 Å². The Bertz CT molecular complexity index is 1350. The zero-order chi connectivity index (χ0) is 22.3. The van der Waals surface area contributed by atoms with Crippen molar-refractivity contribution in [3.05, 3.63) is 99.3 Å². The minimum Gasteiger partial charge on any atom is -0.506 e. The van der Waals surface area contributed by atoms with E-state index in [-0.39, 0.29) is 11.2 Å². The second kappa shape index (κ2) is 8.27. The number of hydrogen-bond donors (Lipinski definition) is 1. The third kappa shape index (κ3) is 4.13. The summed E-state index contributed by atoms with van der Waals surface area (Å²) in [6.07, 6.45) is 12.4. The molecule has 0 unspecified atom stereocenters. The first-order valence-corrected chi connectivity index (χ1v) is 12.3. The lowest BCUT2D eigenvalue weighted by Gasteiger charge is -2.30. The van der Waals surface area contributed by atoms with Crippen LogP contribution in [0.2, 0.25) is 0 Å². The van der Waals surface area contributed by atoms with Gasteiger partial charge in [0.1, 0.15) is 5.75 Å². The SMILES string of the molecule is CC1(C)CC(/C=C/c2sc3ccccc3c2O)=CC(=C/C=C2\Sc3ccccc3C2=O)/C1. The van der Waals surface area contributed by atoms with E-state index in [0.717, 1.165) is 43.2 Å². The summed E-state index contributed by atoms with van der Waals surface area (Å²) in [4.78, 5) is 15.4. The summed E-state index contributed by atoms with van der Waals surface area (Å²) in [5.41, 5.74) is 3.39. The zero-order valence-electron chi connectivity index (χ0n) is 18.1. The molecular formula is C28H24O2S2. The fourth-order valence-electron chi connectivity index (χ4n) is 4.40. The zero-order valence-corrected chi connectivity index (χ0v) is 19.7. The number of carbonyl (C=O) groups is 1. The smallest absolute Gasteiger partial charge is 0.200 e. The van der Waals surface area contributed by atoms with Crippen LogP contribution in [0.15, 0.2) is 93.8 Å². The van der Waals surface area contributed by atoms with Gasteiger partial charge in [0.05, 0.1) is 9.78 Å². The van der Waals surface area contributed by atoms with Crippen molar-refractivity contribution in [2.75, 3.05) is 0 Å². The van der Waals surface area contributed by atoms with Gasteiger partial charge in [-0.1, -0.05) is 68.1 Å². The van der Waals surface area contributed by atoms with Crippen LogP contribution in [0.3, 0.4) is 0 Å². The van der Waals surface area contributed by atoms with E-state index < -0.39 is 0 Å². The Kier molecular flexibility index (Phi) is 5.44. The number of rotatable bonds is 3. The quantitative estimate of drug-likeness (QED) is 0.404. The van der Waals surface area contributed by atoms with Crippen LogP contribution in [-0.2, 0) is 0 Å².